The van der Waals surface area contributed by atoms with Gasteiger partial charge in [-0.1, -0.05) is 13.8 Å². The Labute approximate surface area is 271 Å². The molecule has 1 fully saturated rings. The van der Waals surface area contributed by atoms with Gasteiger partial charge in [0.15, 0.2) is 0 Å². The van der Waals surface area contributed by atoms with E-state index < -0.39 is 34.7 Å². The van der Waals surface area contributed by atoms with Crippen molar-refractivity contribution in [2.75, 3.05) is 6.54 Å². The number of hydrogen-bond donors (Lipinski definition) is 0. The highest BCUT2D eigenvalue weighted by atomic mass is 19.1. The number of nitrogens with zero attached hydrogens (tertiary/aromatic N) is 7. The van der Waals surface area contributed by atoms with Gasteiger partial charge in [-0.15, -0.1) is 0 Å². The van der Waals surface area contributed by atoms with Crippen molar-refractivity contribution >= 4 is 17.0 Å². The molecule has 0 saturated heterocycles. The van der Waals surface area contributed by atoms with Crippen LogP contribution in [-0.4, -0.2) is 51.8 Å². The minimum atomic E-state index is -0.716. The topological polar surface area (TPSA) is 92.1 Å². The maximum absolute atomic E-state index is 15.7. The Balaban J connectivity index is 1.44. The third-order valence-electron chi connectivity index (χ3n) is 9.10. The largest absolute Gasteiger partial charge is 0.444 e. The highest BCUT2D eigenvalue weighted by molar-refractivity contribution is 5.81. The summed E-state index contributed by atoms with van der Waals surface area (Å²) in [6.45, 7) is 15.0. The molecule has 0 bridgehead atoms. The standard InChI is InChI=1S/C35H39F2N7O3/c1-19-13-24(14-20(2)29(19)37)44-31(28-21(3)42(33(46)47-34(4,5)6)18-35(7,8)30(28)39-44)41-12-11-40(32(41)45)27-15-22-17-38-43(23-9-10-23)26(22)16-25(27)36/h11-17,21,23H,9-10,18H2,1-8H3/t21-/m0/s1. The van der Waals surface area contributed by atoms with E-state index in [1.807, 2.05) is 46.2 Å². The summed E-state index contributed by atoms with van der Waals surface area (Å²) in [4.78, 5) is 29.5. The number of halogens is 2. The van der Waals surface area contributed by atoms with Crippen molar-refractivity contribution < 1.29 is 18.3 Å². The zero-order valence-electron chi connectivity index (χ0n) is 27.9. The van der Waals surface area contributed by atoms with Gasteiger partial charge in [-0.2, -0.15) is 10.2 Å². The summed E-state index contributed by atoms with van der Waals surface area (Å²) in [6.07, 6.45) is 6.32. The van der Waals surface area contributed by atoms with Crippen LogP contribution in [0.2, 0.25) is 0 Å². The number of fused-ring (bicyclic) bond motifs is 2. The molecule has 1 saturated carbocycles. The summed E-state index contributed by atoms with van der Waals surface area (Å²) >= 11 is 0. The molecule has 1 amide bonds. The lowest BCUT2D eigenvalue weighted by molar-refractivity contribution is 0.00979. The van der Waals surface area contributed by atoms with E-state index in [1.165, 1.54) is 21.4 Å². The number of aryl methyl sites for hydroxylation is 2. The van der Waals surface area contributed by atoms with Gasteiger partial charge >= 0.3 is 11.8 Å². The first kappa shape index (κ1) is 30.9. The van der Waals surface area contributed by atoms with Crippen molar-refractivity contribution in [1.82, 2.24) is 33.6 Å². The van der Waals surface area contributed by atoms with E-state index in [0.29, 0.717) is 46.0 Å². The molecule has 47 heavy (non-hydrogen) atoms. The lowest BCUT2D eigenvalue weighted by Gasteiger charge is -2.41. The number of imidazole rings is 1. The highest BCUT2D eigenvalue weighted by Crippen LogP contribution is 2.43. The summed E-state index contributed by atoms with van der Waals surface area (Å²) < 4.78 is 42.5. The molecule has 1 aliphatic carbocycles. The fourth-order valence-electron chi connectivity index (χ4n) is 6.67. The summed E-state index contributed by atoms with van der Waals surface area (Å²) in [7, 11) is 0. The highest BCUT2D eigenvalue weighted by Gasteiger charge is 2.45. The van der Waals surface area contributed by atoms with Gasteiger partial charge in [0.2, 0.25) is 0 Å². The first-order chi connectivity index (χ1) is 22.1. The van der Waals surface area contributed by atoms with Crippen LogP contribution in [0.3, 0.4) is 0 Å². The summed E-state index contributed by atoms with van der Waals surface area (Å²) in [5, 5.41) is 10.2. The van der Waals surface area contributed by atoms with Crippen molar-refractivity contribution in [3.05, 3.63) is 87.4 Å². The number of carbonyl (C=O) groups excluding carboxylic acids is 1. The maximum atomic E-state index is 15.7. The molecular weight excluding hydrogens is 604 g/mol. The molecule has 246 valence electrons. The number of aromatic nitrogens is 6. The second kappa shape index (κ2) is 10.4. The van der Waals surface area contributed by atoms with Crippen molar-refractivity contribution in [1.29, 1.82) is 0 Å². The third kappa shape index (κ3) is 5.05. The van der Waals surface area contributed by atoms with Gasteiger partial charge in [0, 0.05) is 41.4 Å². The fraction of sp³-hybridized carbons (Fsp3) is 0.429. The second-order valence-electron chi connectivity index (χ2n) is 14.6. The van der Waals surface area contributed by atoms with Crippen LogP contribution >= 0.6 is 0 Å². The molecular formula is C35H39F2N7O3. The summed E-state index contributed by atoms with van der Waals surface area (Å²) in [6, 6.07) is 6.16. The minimum absolute atomic E-state index is 0.0914. The quantitative estimate of drug-likeness (QED) is 0.211. The van der Waals surface area contributed by atoms with Crippen molar-refractivity contribution in [2.24, 2.45) is 0 Å². The number of benzene rings is 2. The van der Waals surface area contributed by atoms with E-state index >= 15 is 4.39 Å². The van der Waals surface area contributed by atoms with Crippen molar-refractivity contribution in [2.45, 2.75) is 91.3 Å². The molecule has 2 aliphatic rings. The Kier molecular flexibility index (Phi) is 6.82. The Morgan fingerprint density at radius 1 is 1.02 bits per heavy atom. The number of amides is 1. The predicted molar refractivity (Wildman–Crippen MR) is 174 cm³/mol. The predicted octanol–water partition coefficient (Wildman–Crippen LogP) is 6.98. The van der Waals surface area contributed by atoms with Crippen LogP contribution in [0.1, 0.15) is 88.9 Å². The van der Waals surface area contributed by atoms with Crippen molar-refractivity contribution in [3.8, 4) is 17.2 Å². The van der Waals surface area contributed by atoms with Crippen LogP contribution in [0.15, 0.2) is 47.7 Å². The molecule has 0 unspecified atom stereocenters. The van der Waals surface area contributed by atoms with E-state index in [4.69, 9.17) is 9.84 Å². The summed E-state index contributed by atoms with van der Waals surface area (Å²) in [5.74, 6) is -0.493. The monoisotopic (exact) mass is 643 g/mol. The normalized spacial score (nSPS) is 17.7. The Bertz CT molecular complexity index is 2120. The molecule has 7 rings (SSSR count). The first-order valence-corrected chi connectivity index (χ1v) is 15.9. The van der Waals surface area contributed by atoms with Gasteiger partial charge in [-0.3, -0.25) is 13.8 Å². The molecule has 10 nitrogen and oxygen atoms in total. The third-order valence-corrected chi connectivity index (χ3v) is 9.10. The van der Waals surface area contributed by atoms with Gasteiger partial charge in [-0.25, -0.2) is 23.1 Å². The van der Waals surface area contributed by atoms with Crippen LogP contribution < -0.4 is 5.69 Å². The second-order valence-corrected chi connectivity index (χ2v) is 14.6. The van der Waals surface area contributed by atoms with E-state index in [0.717, 1.165) is 18.2 Å². The lowest BCUT2D eigenvalue weighted by Crippen LogP contribution is -2.48. The molecule has 3 aromatic heterocycles. The van der Waals surface area contributed by atoms with Crippen LogP contribution in [0.5, 0.6) is 0 Å². The Morgan fingerprint density at radius 2 is 1.68 bits per heavy atom. The van der Waals surface area contributed by atoms with Gasteiger partial charge in [-0.05, 0) is 83.7 Å². The summed E-state index contributed by atoms with van der Waals surface area (Å²) in [5.41, 5.74) is 1.63. The Morgan fingerprint density at radius 3 is 2.32 bits per heavy atom. The molecule has 4 heterocycles. The van der Waals surface area contributed by atoms with Crippen LogP contribution in [0.25, 0.3) is 28.1 Å². The SMILES string of the molecule is Cc1cc(-n2nc3c(c2-n2ccn(-c4cc5cnn(C6CC6)c5cc4F)c2=O)[C@H](C)N(C(=O)OC(C)(C)C)CC3(C)C)cc(C)c1F. The molecule has 2 aromatic carbocycles. The number of ether oxygens (including phenoxy) is 1. The number of rotatable bonds is 4. The van der Waals surface area contributed by atoms with Crippen LogP contribution in [-0.2, 0) is 10.2 Å². The molecule has 0 radical (unpaired) electrons. The first-order valence-electron chi connectivity index (χ1n) is 15.9. The smallest absolute Gasteiger partial charge is 0.410 e. The average Bonchev–Trinajstić information content (AvgIpc) is 3.44. The molecule has 1 aliphatic heterocycles. The lowest BCUT2D eigenvalue weighted by atomic mass is 9.80. The van der Waals surface area contributed by atoms with Gasteiger partial charge in [0.1, 0.15) is 23.1 Å². The molecule has 0 N–H and O–H groups in total. The van der Waals surface area contributed by atoms with E-state index in [2.05, 4.69) is 5.10 Å². The number of carbonyl (C=O) groups is 1. The average molecular weight is 644 g/mol. The van der Waals surface area contributed by atoms with Crippen molar-refractivity contribution in [3.63, 3.8) is 0 Å². The van der Waals surface area contributed by atoms with Crippen LogP contribution in [0, 0.1) is 25.5 Å². The van der Waals surface area contributed by atoms with Gasteiger partial charge in [0.05, 0.1) is 40.9 Å². The zero-order chi connectivity index (χ0) is 33.7. The van der Waals surface area contributed by atoms with E-state index in [-0.39, 0.29) is 17.5 Å². The van der Waals surface area contributed by atoms with E-state index in [1.54, 1.807) is 54.0 Å². The minimum Gasteiger partial charge on any atom is -0.444 e. The van der Waals surface area contributed by atoms with Gasteiger partial charge in [0.25, 0.3) is 0 Å². The van der Waals surface area contributed by atoms with E-state index in [9.17, 15) is 14.0 Å². The molecule has 1 atom stereocenters. The molecule has 0 spiro atoms. The van der Waals surface area contributed by atoms with Crippen LogP contribution in [0.4, 0.5) is 13.6 Å². The molecule has 5 aromatic rings. The van der Waals surface area contributed by atoms with Gasteiger partial charge < -0.3 is 9.64 Å². The fourth-order valence-corrected chi connectivity index (χ4v) is 6.67. The molecule has 12 heteroatoms. The maximum Gasteiger partial charge on any atom is 0.410 e. The Hall–Kier alpha value is -4.74. The zero-order valence-corrected chi connectivity index (χ0v) is 27.9. The number of hydrogen-bond acceptors (Lipinski definition) is 5.